The lowest BCUT2D eigenvalue weighted by Crippen LogP contribution is -2.50. The van der Waals surface area contributed by atoms with Gasteiger partial charge in [-0.15, -0.1) is 0 Å². The Morgan fingerprint density at radius 1 is 1.35 bits per heavy atom. The molecule has 0 unspecified atom stereocenters. The van der Waals surface area contributed by atoms with E-state index in [4.69, 9.17) is 9.26 Å². The van der Waals surface area contributed by atoms with Crippen LogP contribution >= 0.6 is 0 Å². The second-order valence-electron chi connectivity index (χ2n) is 6.91. The number of hydrogen-bond donors (Lipinski definition) is 0. The normalized spacial score (nSPS) is 15.4. The minimum absolute atomic E-state index is 0.0774. The average molecular weight is 315 g/mol. The van der Waals surface area contributed by atoms with Gasteiger partial charge in [-0.25, -0.2) is 4.79 Å². The van der Waals surface area contributed by atoms with Crippen LogP contribution in [-0.2, 0) is 4.74 Å². The number of aromatic nitrogens is 2. The number of likely N-dealkylation sites (tertiary alicyclic amines) is 1. The van der Waals surface area contributed by atoms with E-state index in [1.807, 2.05) is 52.0 Å². The Bertz CT molecular complexity index is 712. The molecular weight excluding hydrogens is 294 g/mol. The van der Waals surface area contributed by atoms with E-state index in [1.165, 1.54) is 0 Å². The zero-order chi connectivity index (χ0) is 16.6. The third-order valence-corrected chi connectivity index (χ3v) is 3.60. The predicted molar refractivity (Wildman–Crippen MR) is 85.0 cm³/mol. The highest BCUT2D eigenvalue weighted by atomic mass is 16.6. The molecule has 1 aromatic carbocycles. The molecule has 0 bridgehead atoms. The van der Waals surface area contributed by atoms with Crippen LogP contribution in [0.1, 0.15) is 38.1 Å². The fourth-order valence-corrected chi connectivity index (χ4v) is 2.41. The molecule has 0 saturated carbocycles. The van der Waals surface area contributed by atoms with Gasteiger partial charge in [0.1, 0.15) is 5.60 Å². The summed E-state index contributed by atoms with van der Waals surface area (Å²) in [6.07, 6.45) is -0.299. The summed E-state index contributed by atoms with van der Waals surface area (Å²) in [5, 5.41) is 4.04. The first-order valence-electron chi connectivity index (χ1n) is 7.70. The second kappa shape index (κ2) is 5.68. The number of hydrogen-bond acceptors (Lipinski definition) is 5. The van der Waals surface area contributed by atoms with E-state index in [0.29, 0.717) is 24.8 Å². The topological polar surface area (TPSA) is 68.5 Å². The van der Waals surface area contributed by atoms with E-state index in [-0.39, 0.29) is 12.0 Å². The van der Waals surface area contributed by atoms with E-state index in [9.17, 15) is 4.79 Å². The third kappa shape index (κ3) is 3.52. The molecule has 1 fully saturated rings. The summed E-state index contributed by atoms with van der Waals surface area (Å²) in [7, 11) is 0. The van der Waals surface area contributed by atoms with Crippen molar-refractivity contribution in [3.8, 4) is 11.4 Å². The van der Waals surface area contributed by atoms with Crippen molar-refractivity contribution in [1.29, 1.82) is 0 Å². The zero-order valence-corrected chi connectivity index (χ0v) is 13.9. The number of benzene rings is 1. The molecule has 3 rings (SSSR count). The molecule has 2 heterocycles. The van der Waals surface area contributed by atoms with Crippen LogP contribution in [0.25, 0.3) is 11.4 Å². The first kappa shape index (κ1) is 15.5. The smallest absolute Gasteiger partial charge is 0.410 e. The SMILES string of the molecule is Cc1cccc(-c2noc(C3CN(C(=O)OC(C)(C)C)C3)n2)c1. The van der Waals surface area contributed by atoms with Gasteiger partial charge in [0.25, 0.3) is 0 Å². The van der Waals surface area contributed by atoms with E-state index in [1.54, 1.807) is 4.90 Å². The Kier molecular flexibility index (Phi) is 3.83. The molecule has 0 radical (unpaired) electrons. The Balaban J connectivity index is 1.62. The fourth-order valence-electron chi connectivity index (χ4n) is 2.41. The Morgan fingerprint density at radius 3 is 2.74 bits per heavy atom. The van der Waals surface area contributed by atoms with Crippen molar-refractivity contribution in [2.75, 3.05) is 13.1 Å². The molecule has 122 valence electrons. The van der Waals surface area contributed by atoms with Gasteiger partial charge in [0.15, 0.2) is 0 Å². The summed E-state index contributed by atoms with van der Waals surface area (Å²) in [5.41, 5.74) is 1.60. The Labute approximate surface area is 135 Å². The second-order valence-corrected chi connectivity index (χ2v) is 6.91. The van der Waals surface area contributed by atoms with Crippen LogP contribution in [0.4, 0.5) is 4.79 Å². The van der Waals surface area contributed by atoms with Crippen molar-refractivity contribution < 1.29 is 14.1 Å². The Hall–Kier alpha value is -2.37. The van der Waals surface area contributed by atoms with E-state index >= 15 is 0 Å². The molecule has 1 amide bonds. The van der Waals surface area contributed by atoms with Gasteiger partial charge in [0, 0.05) is 18.7 Å². The number of carbonyl (C=O) groups is 1. The van der Waals surface area contributed by atoms with Crippen molar-refractivity contribution in [1.82, 2.24) is 15.0 Å². The number of amides is 1. The maximum atomic E-state index is 11.9. The van der Waals surface area contributed by atoms with Crippen LogP contribution in [-0.4, -0.2) is 39.8 Å². The van der Waals surface area contributed by atoms with Gasteiger partial charge in [0.05, 0.1) is 5.92 Å². The van der Waals surface area contributed by atoms with Crippen LogP contribution in [0.15, 0.2) is 28.8 Å². The number of nitrogens with zero attached hydrogens (tertiary/aromatic N) is 3. The van der Waals surface area contributed by atoms with Crippen molar-refractivity contribution in [2.24, 2.45) is 0 Å². The summed E-state index contributed by atoms with van der Waals surface area (Å²) in [6.45, 7) is 8.68. The van der Waals surface area contributed by atoms with E-state index in [0.717, 1.165) is 11.1 Å². The van der Waals surface area contributed by atoms with Crippen molar-refractivity contribution >= 4 is 6.09 Å². The van der Waals surface area contributed by atoms with E-state index in [2.05, 4.69) is 10.1 Å². The van der Waals surface area contributed by atoms with Crippen LogP contribution in [0.5, 0.6) is 0 Å². The van der Waals surface area contributed by atoms with Crippen molar-refractivity contribution in [3.05, 3.63) is 35.7 Å². The lowest BCUT2D eigenvalue weighted by molar-refractivity contribution is 0.00558. The summed E-state index contributed by atoms with van der Waals surface area (Å²) in [4.78, 5) is 18.0. The molecular formula is C17H21N3O3. The lowest BCUT2D eigenvalue weighted by atomic mass is 10.0. The summed E-state index contributed by atoms with van der Waals surface area (Å²) in [5.74, 6) is 1.23. The van der Waals surface area contributed by atoms with Gasteiger partial charge < -0.3 is 14.2 Å². The fraction of sp³-hybridized carbons (Fsp3) is 0.471. The summed E-state index contributed by atoms with van der Waals surface area (Å²) in [6, 6.07) is 7.96. The highest BCUT2D eigenvalue weighted by Gasteiger charge is 2.37. The van der Waals surface area contributed by atoms with E-state index < -0.39 is 5.60 Å². The maximum absolute atomic E-state index is 11.9. The van der Waals surface area contributed by atoms with Crippen LogP contribution in [0.2, 0.25) is 0 Å². The number of ether oxygens (including phenoxy) is 1. The molecule has 0 atom stereocenters. The minimum atomic E-state index is -0.481. The zero-order valence-electron chi connectivity index (χ0n) is 13.9. The molecule has 1 aliphatic rings. The molecule has 23 heavy (non-hydrogen) atoms. The molecule has 1 saturated heterocycles. The molecule has 2 aromatic rings. The number of rotatable bonds is 2. The van der Waals surface area contributed by atoms with Crippen LogP contribution in [0, 0.1) is 6.92 Å². The summed E-state index contributed by atoms with van der Waals surface area (Å²) < 4.78 is 10.7. The average Bonchev–Trinajstić information content (AvgIpc) is 2.84. The quantitative estimate of drug-likeness (QED) is 0.850. The van der Waals surface area contributed by atoms with Gasteiger partial charge in [-0.3, -0.25) is 0 Å². The minimum Gasteiger partial charge on any atom is -0.444 e. The number of aryl methyl sites for hydroxylation is 1. The van der Waals surface area contributed by atoms with Gasteiger partial charge in [-0.05, 0) is 33.8 Å². The molecule has 6 nitrogen and oxygen atoms in total. The first-order chi connectivity index (χ1) is 10.8. The monoisotopic (exact) mass is 315 g/mol. The molecule has 1 aromatic heterocycles. The molecule has 1 aliphatic heterocycles. The summed E-state index contributed by atoms with van der Waals surface area (Å²) >= 11 is 0. The van der Waals surface area contributed by atoms with Gasteiger partial charge in [0.2, 0.25) is 11.7 Å². The largest absolute Gasteiger partial charge is 0.444 e. The van der Waals surface area contributed by atoms with Gasteiger partial charge >= 0.3 is 6.09 Å². The Morgan fingerprint density at radius 2 is 2.09 bits per heavy atom. The number of carbonyl (C=O) groups excluding carboxylic acids is 1. The first-order valence-corrected chi connectivity index (χ1v) is 7.70. The molecule has 0 spiro atoms. The van der Waals surface area contributed by atoms with Crippen LogP contribution < -0.4 is 0 Å². The molecule has 6 heteroatoms. The molecule has 0 aliphatic carbocycles. The van der Waals surface area contributed by atoms with Crippen LogP contribution in [0.3, 0.4) is 0 Å². The van der Waals surface area contributed by atoms with Gasteiger partial charge in [-0.1, -0.05) is 28.9 Å². The standard InChI is InChI=1S/C17H21N3O3/c1-11-6-5-7-12(8-11)14-18-15(23-19-14)13-9-20(10-13)16(21)22-17(2,3)4/h5-8,13H,9-10H2,1-4H3. The third-order valence-electron chi connectivity index (χ3n) is 3.60. The molecule has 0 N–H and O–H groups in total. The predicted octanol–water partition coefficient (Wildman–Crippen LogP) is 3.38. The maximum Gasteiger partial charge on any atom is 0.410 e. The van der Waals surface area contributed by atoms with Crippen molar-refractivity contribution in [2.45, 2.75) is 39.2 Å². The van der Waals surface area contributed by atoms with Gasteiger partial charge in [-0.2, -0.15) is 4.98 Å². The highest BCUT2D eigenvalue weighted by molar-refractivity contribution is 5.69. The van der Waals surface area contributed by atoms with Crippen molar-refractivity contribution in [3.63, 3.8) is 0 Å². The highest BCUT2D eigenvalue weighted by Crippen LogP contribution is 2.29. The lowest BCUT2D eigenvalue weighted by Gasteiger charge is -2.37.